The number of hydrogen-bond acceptors (Lipinski definition) is 2. The molecule has 3 rings (SSSR count). The molecule has 2 aliphatic rings. The molecule has 0 radical (unpaired) electrons. The fourth-order valence-electron chi connectivity index (χ4n) is 3.36. The van der Waals surface area contributed by atoms with Crippen molar-refractivity contribution in [2.24, 2.45) is 11.8 Å². The van der Waals surface area contributed by atoms with E-state index in [1.165, 1.54) is 43.6 Å². The fourth-order valence-corrected chi connectivity index (χ4v) is 3.36. The highest BCUT2D eigenvalue weighted by molar-refractivity contribution is 5.69. The average Bonchev–Trinajstić information content (AvgIpc) is 2.81. The lowest BCUT2D eigenvalue weighted by molar-refractivity contribution is 0.494. The highest BCUT2D eigenvalue weighted by atomic mass is 15.2. The Bertz CT molecular complexity index is 388. The summed E-state index contributed by atoms with van der Waals surface area (Å²) in [5.74, 6) is 1.86. The van der Waals surface area contributed by atoms with Crippen molar-refractivity contribution in [1.82, 2.24) is 0 Å². The summed E-state index contributed by atoms with van der Waals surface area (Å²) < 4.78 is 0. The van der Waals surface area contributed by atoms with E-state index < -0.39 is 0 Å². The SMILES string of the molecule is Cc1ccc(N)c(N2CC3CCCC3C2)c1. The zero-order valence-corrected chi connectivity index (χ0v) is 9.95. The van der Waals surface area contributed by atoms with Gasteiger partial charge in [-0.05, 0) is 49.3 Å². The molecule has 2 nitrogen and oxygen atoms in total. The summed E-state index contributed by atoms with van der Waals surface area (Å²) >= 11 is 0. The van der Waals surface area contributed by atoms with Gasteiger partial charge in [-0.25, -0.2) is 0 Å². The minimum atomic E-state index is 0.930. The molecule has 2 N–H and O–H groups in total. The summed E-state index contributed by atoms with van der Waals surface area (Å²) in [5, 5.41) is 0. The number of nitrogens with two attached hydrogens (primary N) is 1. The van der Waals surface area contributed by atoms with Crippen molar-refractivity contribution >= 4 is 11.4 Å². The predicted octanol–water partition coefficient (Wildman–Crippen LogP) is 2.81. The quantitative estimate of drug-likeness (QED) is 0.731. The summed E-state index contributed by atoms with van der Waals surface area (Å²) in [6, 6.07) is 6.37. The molecular weight excluding hydrogens is 196 g/mol. The van der Waals surface area contributed by atoms with E-state index in [0.29, 0.717) is 0 Å². The first-order chi connectivity index (χ1) is 7.74. The first-order valence-corrected chi connectivity index (χ1v) is 6.35. The van der Waals surface area contributed by atoms with E-state index in [0.717, 1.165) is 17.5 Å². The van der Waals surface area contributed by atoms with E-state index in [1.807, 2.05) is 6.07 Å². The number of hydrogen-bond donors (Lipinski definition) is 1. The molecule has 1 saturated heterocycles. The van der Waals surface area contributed by atoms with Crippen molar-refractivity contribution in [2.75, 3.05) is 23.7 Å². The Hall–Kier alpha value is -1.18. The molecule has 2 fully saturated rings. The maximum Gasteiger partial charge on any atom is 0.0602 e. The number of fused-ring (bicyclic) bond motifs is 1. The molecule has 1 heterocycles. The Kier molecular flexibility index (Phi) is 2.31. The lowest BCUT2D eigenvalue weighted by Crippen LogP contribution is -2.21. The van der Waals surface area contributed by atoms with Crippen LogP contribution in [0.4, 0.5) is 11.4 Å². The van der Waals surface area contributed by atoms with E-state index in [2.05, 4.69) is 24.0 Å². The zero-order valence-electron chi connectivity index (χ0n) is 9.95. The van der Waals surface area contributed by atoms with Crippen molar-refractivity contribution in [3.63, 3.8) is 0 Å². The van der Waals surface area contributed by atoms with Gasteiger partial charge in [-0.3, -0.25) is 0 Å². The van der Waals surface area contributed by atoms with Gasteiger partial charge in [-0.2, -0.15) is 0 Å². The van der Waals surface area contributed by atoms with Gasteiger partial charge in [-0.1, -0.05) is 12.5 Å². The van der Waals surface area contributed by atoms with Crippen LogP contribution in [0.2, 0.25) is 0 Å². The van der Waals surface area contributed by atoms with Gasteiger partial charge in [0.1, 0.15) is 0 Å². The smallest absolute Gasteiger partial charge is 0.0602 e. The maximum absolute atomic E-state index is 6.08. The highest BCUT2D eigenvalue weighted by Crippen LogP contribution is 2.40. The first kappa shape index (κ1) is 10.0. The Balaban J connectivity index is 1.85. The van der Waals surface area contributed by atoms with Crippen molar-refractivity contribution in [2.45, 2.75) is 26.2 Å². The monoisotopic (exact) mass is 216 g/mol. The Labute approximate surface area is 97.4 Å². The Morgan fingerprint density at radius 1 is 1.19 bits per heavy atom. The van der Waals surface area contributed by atoms with Crippen molar-refractivity contribution in [3.05, 3.63) is 23.8 Å². The van der Waals surface area contributed by atoms with Gasteiger partial charge in [0, 0.05) is 13.1 Å². The topological polar surface area (TPSA) is 29.3 Å². The normalized spacial score (nSPS) is 28.4. The maximum atomic E-state index is 6.08. The van der Waals surface area contributed by atoms with Crippen LogP contribution in [0.5, 0.6) is 0 Å². The molecule has 0 aromatic heterocycles. The first-order valence-electron chi connectivity index (χ1n) is 6.35. The Morgan fingerprint density at radius 3 is 2.56 bits per heavy atom. The molecule has 2 heteroatoms. The molecule has 1 saturated carbocycles. The summed E-state index contributed by atoms with van der Waals surface area (Å²) in [4.78, 5) is 2.50. The van der Waals surface area contributed by atoms with Crippen LogP contribution >= 0.6 is 0 Å². The van der Waals surface area contributed by atoms with E-state index in [4.69, 9.17) is 5.73 Å². The number of nitrogens with zero attached hydrogens (tertiary/aromatic N) is 1. The van der Waals surface area contributed by atoms with Crippen LogP contribution in [0, 0.1) is 18.8 Å². The molecule has 0 amide bonds. The minimum Gasteiger partial charge on any atom is -0.397 e. The molecule has 16 heavy (non-hydrogen) atoms. The van der Waals surface area contributed by atoms with E-state index in [9.17, 15) is 0 Å². The molecule has 1 aliphatic carbocycles. The molecule has 86 valence electrons. The van der Waals surface area contributed by atoms with Crippen LogP contribution in [0.1, 0.15) is 24.8 Å². The number of anilines is 2. The van der Waals surface area contributed by atoms with Crippen LogP contribution in [-0.4, -0.2) is 13.1 Å². The number of benzene rings is 1. The average molecular weight is 216 g/mol. The van der Waals surface area contributed by atoms with Crippen LogP contribution in [0.3, 0.4) is 0 Å². The lowest BCUT2D eigenvalue weighted by atomic mass is 10.0. The largest absolute Gasteiger partial charge is 0.397 e. The van der Waals surface area contributed by atoms with Gasteiger partial charge in [0.2, 0.25) is 0 Å². The molecule has 0 spiro atoms. The van der Waals surface area contributed by atoms with Gasteiger partial charge >= 0.3 is 0 Å². The zero-order chi connectivity index (χ0) is 11.1. The Morgan fingerprint density at radius 2 is 1.88 bits per heavy atom. The van der Waals surface area contributed by atoms with Gasteiger partial charge in [-0.15, -0.1) is 0 Å². The molecule has 1 aromatic rings. The molecule has 1 aliphatic heterocycles. The molecule has 1 aromatic carbocycles. The number of rotatable bonds is 1. The summed E-state index contributed by atoms with van der Waals surface area (Å²) in [7, 11) is 0. The molecular formula is C14H20N2. The van der Waals surface area contributed by atoms with Crippen LogP contribution < -0.4 is 10.6 Å². The number of aryl methyl sites for hydroxylation is 1. The third kappa shape index (κ3) is 1.57. The second-order valence-corrected chi connectivity index (χ2v) is 5.42. The van der Waals surface area contributed by atoms with Crippen molar-refractivity contribution < 1.29 is 0 Å². The number of nitrogen functional groups attached to an aromatic ring is 1. The summed E-state index contributed by atoms with van der Waals surface area (Å²) in [5.41, 5.74) is 9.58. The summed E-state index contributed by atoms with van der Waals surface area (Å²) in [6.45, 7) is 4.58. The van der Waals surface area contributed by atoms with Crippen molar-refractivity contribution in [3.8, 4) is 0 Å². The van der Waals surface area contributed by atoms with Crippen LogP contribution in [0.15, 0.2) is 18.2 Å². The fraction of sp³-hybridized carbons (Fsp3) is 0.571. The third-order valence-electron chi connectivity index (χ3n) is 4.25. The minimum absolute atomic E-state index is 0.930. The van der Waals surface area contributed by atoms with Crippen molar-refractivity contribution in [1.29, 1.82) is 0 Å². The second-order valence-electron chi connectivity index (χ2n) is 5.42. The predicted molar refractivity (Wildman–Crippen MR) is 68.6 cm³/mol. The lowest BCUT2D eigenvalue weighted by Gasteiger charge is -2.21. The molecule has 2 unspecified atom stereocenters. The van der Waals surface area contributed by atoms with Crippen LogP contribution in [0.25, 0.3) is 0 Å². The third-order valence-corrected chi connectivity index (χ3v) is 4.25. The van der Waals surface area contributed by atoms with Gasteiger partial charge < -0.3 is 10.6 Å². The highest BCUT2D eigenvalue weighted by Gasteiger charge is 2.36. The molecule has 0 bridgehead atoms. The molecule has 2 atom stereocenters. The van der Waals surface area contributed by atoms with Crippen LogP contribution in [-0.2, 0) is 0 Å². The van der Waals surface area contributed by atoms with Gasteiger partial charge in [0.15, 0.2) is 0 Å². The standard InChI is InChI=1S/C14H20N2/c1-10-5-6-13(15)14(7-10)16-8-11-3-2-4-12(11)9-16/h5-7,11-12H,2-4,8-9,15H2,1H3. The van der Waals surface area contributed by atoms with E-state index >= 15 is 0 Å². The van der Waals surface area contributed by atoms with E-state index in [-0.39, 0.29) is 0 Å². The second kappa shape index (κ2) is 3.69. The van der Waals surface area contributed by atoms with Gasteiger partial charge in [0.05, 0.1) is 11.4 Å². The van der Waals surface area contributed by atoms with Gasteiger partial charge in [0.25, 0.3) is 0 Å². The summed E-state index contributed by atoms with van der Waals surface area (Å²) in [6.07, 6.45) is 4.28. The van der Waals surface area contributed by atoms with E-state index in [1.54, 1.807) is 0 Å².